The number of hydrogen-bond donors (Lipinski definition) is 0. The largest absolute Gasteiger partial charge is 0.358 e. The summed E-state index contributed by atoms with van der Waals surface area (Å²) in [7, 11) is 0. The van der Waals surface area contributed by atoms with Crippen LogP contribution in [0.5, 0.6) is 0 Å². The van der Waals surface area contributed by atoms with Crippen LogP contribution in [-0.2, 0) is 0 Å². The van der Waals surface area contributed by atoms with Crippen molar-refractivity contribution in [2.75, 3.05) is 9.80 Å². The van der Waals surface area contributed by atoms with Crippen LogP contribution in [0.25, 0.3) is 5.57 Å². The van der Waals surface area contributed by atoms with E-state index in [0.29, 0.717) is 30.0 Å². The Kier molecular flexibility index (Phi) is 5.75. The SMILES string of the molecule is C[C@]1(C#N)CCCC=C1c1cccc(N2c3ccccc3C3C=CC(N4c5ccccc5C5CCC=CC54)CC32)c1. The fourth-order valence-corrected chi connectivity index (χ4v) is 8.61. The van der Waals surface area contributed by atoms with E-state index in [0.717, 1.165) is 25.7 Å². The Bertz CT molecular complexity index is 1640. The van der Waals surface area contributed by atoms with Gasteiger partial charge in [-0.05, 0) is 92.0 Å². The van der Waals surface area contributed by atoms with E-state index in [1.807, 2.05) is 0 Å². The second kappa shape index (κ2) is 9.52. The lowest BCUT2D eigenvalue weighted by molar-refractivity contribution is 0.462. The van der Waals surface area contributed by atoms with E-state index in [2.05, 4.69) is 126 Å². The van der Waals surface area contributed by atoms with Crippen molar-refractivity contribution in [3.05, 3.63) is 120 Å². The van der Waals surface area contributed by atoms with Crippen LogP contribution in [0.15, 0.2) is 103 Å². The van der Waals surface area contributed by atoms with E-state index in [-0.39, 0.29) is 0 Å². The highest BCUT2D eigenvalue weighted by Crippen LogP contribution is 2.53. The molecule has 5 unspecified atom stereocenters. The molecule has 5 aliphatic rings. The molecule has 2 heterocycles. The van der Waals surface area contributed by atoms with Gasteiger partial charge in [0, 0.05) is 41.0 Å². The van der Waals surface area contributed by atoms with Crippen LogP contribution in [0.4, 0.5) is 17.1 Å². The summed E-state index contributed by atoms with van der Waals surface area (Å²) in [5, 5.41) is 10.1. The third-order valence-corrected chi connectivity index (χ3v) is 10.5. The first kappa shape index (κ1) is 24.7. The summed E-state index contributed by atoms with van der Waals surface area (Å²) in [4.78, 5) is 5.34. The van der Waals surface area contributed by atoms with Gasteiger partial charge in [-0.15, -0.1) is 0 Å². The minimum Gasteiger partial charge on any atom is -0.358 e. The lowest BCUT2D eigenvalue weighted by atomic mass is 9.72. The van der Waals surface area contributed by atoms with E-state index in [1.165, 1.54) is 52.2 Å². The van der Waals surface area contributed by atoms with Gasteiger partial charge in [0.2, 0.25) is 0 Å². The molecular formula is C38H37N3. The summed E-state index contributed by atoms with van der Waals surface area (Å²) in [5.74, 6) is 0.967. The third-order valence-electron chi connectivity index (χ3n) is 10.5. The van der Waals surface area contributed by atoms with Crippen LogP contribution < -0.4 is 9.80 Å². The highest BCUT2D eigenvalue weighted by molar-refractivity contribution is 5.80. The van der Waals surface area contributed by atoms with Gasteiger partial charge < -0.3 is 9.80 Å². The van der Waals surface area contributed by atoms with Crippen molar-refractivity contribution in [1.29, 1.82) is 5.26 Å². The zero-order chi connectivity index (χ0) is 27.6. The predicted octanol–water partition coefficient (Wildman–Crippen LogP) is 9.04. The highest BCUT2D eigenvalue weighted by Gasteiger charge is 2.46. The van der Waals surface area contributed by atoms with Gasteiger partial charge in [0.05, 0.1) is 17.5 Å². The van der Waals surface area contributed by atoms with E-state index in [9.17, 15) is 5.26 Å². The minimum atomic E-state index is -0.422. The van der Waals surface area contributed by atoms with Gasteiger partial charge in [-0.3, -0.25) is 0 Å². The van der Waals surface area contributed by atoms with Crippen molar-refractivity contribution >= 4 is 22.6 Å². The van der Waals surface area contributed by atoms with Crippen LogP contribution in [0, 0.1) is 16.7 Å². The number of rotatable bonds is 3. The zero-order valence-electron chi connectivity index (χ0n) is 23.8. The second-order valence-electron chi connectivity index (χ2n) is 12.8. The molecule has 6 atom stereocenters. The summed E-state index contributed by atoms with van der Waals surface area (Å²) < 4.78 is 0. The Morgan fingerprint density at radius 3 is 2.59 bits per heavy atom. The molecule has 2 aliphatic heterocycles. The van der Waals surface area contributed by atoms with Gasteiger partial charge in [-0.1, -0.05) is 78.9 Å². The van der Waals surface area contributed by atoms with Crippen LogP contribution in [-0.4, -0.2) is 18.1 Å². The molecule has 0 aromatic heterocycles. The maximum absolute atomic E-state index is 10.1. The van der Waals surface area contributed by atoms with E-state index < -0.39 is 5.41 Å². The molecule has 8 rings (SSSR count). The third kappa shape index (κ3) is 3.77. The fourth-order valence-electron chi connectivity index (χ4n) is 8.61. The number of allylic oxidation sites excluding steroid dienone is 3. The lowest BCUT2D eigenvalue weighted by Crippen LogP contribution is -2.46. The van der Waals surface area contributed by atoms with Gasteiger partial charge in [-0.25, -0.2) is 0 Å². The molecular weight excluding hydrogens is 498 g/mol. The summed E-state index contributed by atoms with van der Waals surface area (Å²) in [6.45, 7) is 2.11. The standard InChI is InChI=1S/C38H37N3/c1-38(25-39)22-9-8-16-33(38)26-11-10-12-27(23-26)41-36-19-7-4-15-31(36)32-21-20-28(24-37(32)41)40-34-17-5-2-13-29(34)30-14-3-6-18-35(30)40/h2,4-7,10-13,15-21,23,28,30,32,35,37H,3,8-9,14,22,24H2,1H3/t28?,30?,32?,35?,37?,38-/m1/s1. The molecule has 41 heavy (non-hydrogen) atoms. The van der Waals surface area contributed by atoms with Crippen LogP contribution in [0.2, 0.25) is 0 Å². The molecule has 0 saturated carbocycles. The first-order valence-corrected chi connectivity index (χ1v) is 15.5. The number of fused-ring (bicyclic) bond motifs is 6. The number of anilines is 3. The molecule has 3 heteroatoms. The average molecular weight is 536 g/mol. The molecule has 3 nitrogen and oxygen atoms in total. The highest BCUT2D eigenvalue weighted by atomic mass is 15.2. The van der Waals surface area contributed by atoms with Crippen molar-refractivity contribution in [2.45, 2.75) is 75.4 Å². The minimum absolute atomic E-state index is 0.345. The van der Waals surface area contributed by atoms with Crippen molar-refractivity contribution in [2.24, 2.45) is 5.41 Å². The molecule has 0 radical (unpaired) electrons. The monoisotopic (exact) mass is 535 g/mol. The molecule has 3 aromatic rings. The summed E-state index contributed by atoms with van der Waals surface area (Å²) in [6.07, 6.45) is 18.7. The van der Waals surface area contributed by atoms with Crippen LogP contribution in [0.3, 0.4) is 0 Å². The van der Waals surface area contributed by atoms with Crippen LogP contribution in [0.1, 0.15) is 74.0 Å². The normalized spacial score (nSPS) is 31.1. The van der Waals surface area contributed by atoms with Gasteiger partial charge in [-0.2, -0.15) is 5.26 Å². The number of nitrogens with zero attached hydrogens (tertiary/aromatic N) is 3. The summed E-state index contributed by atoms with van der Waals surface area (Å²) >= 11 is 0. The molecule has 0 bridgehead atoms. The molecule has 3 aliphatic carbocycles. The molecule has 0 fully saturated rings. The topological polar surface area (TPSA) is 30.3 Å². The lowest BCUT2D eigenvalue weighted by Gasteiger charge is -2.42. The number of para-hydroxylation sites is 2. The van der Waals surface area contributed by atoms with E-state index >= 15 is 0 Å². The summed E-state index contributed by atoms with van der Waals surface area (Å²) in [6, 6.07) is 30.9. The predicted molar refractivity (Wildman–Crippen MR) is 168 cm³/mol. The molecule has 0 saturated heterocycles. The van der Waals surface area contributed by atoms with Crippen molar-refractivity contribution < 1.29 is 0 Å². The first-order valence-electron chi connectivity index (χ1n) is 15.5. The quantitative estimate of drug-likeness (QED) is 0.313. The van der Waals surface area contributed by atoms with Crippen molar-refractivity contribution in [3.8, 4) is 6.07 Å². The van der Waals surface area contributed by atoms with Crippen molar-refractivity contribution in [3.63, 3.8) is 0 Å². The van der Waals surface area contributed by atoms with E-state index in [1.54, 1.807) is 0 Å². The molecule has 0 amide bonds. The van der Waals surface area contributed by atoms with Crippen LogP contribution >= 0.6 is 0 Å². The van der Waals surface area contributed by atoms with Gasteiger partial charge >= 0.3 is 0 Å². The Hall–Kier alpha value is -4.03. The molecule has 3 aromatic carbocycles. The Morgan fingerprint density at radius 1 is 0.878 bits per heavy atom. The maximum atomic E-state index is 10.1. The fraction of sp³-hybridized carbons (Fsp3) is 0.342. The molecule has 0 spiro atoms. The number of nitriles is 1. The second-order valence-corrected chi connectivity index (χ2v) is 12.8. The zero-order valence-corrected chi connectivity index (χ0v) is 23.8. The smallest absolute Gasteiger partial charge is 0.0797 e. The Morgan fingerprint density at radius 2 is 1.71 bits per heavy atom. The van der Waals surface area contributed by atoms with Gasteiger partial charge in [0.15, 0.2) is 0 Å². The number of benzene rings is 3. The van der Waals surface area contributed by atoms with Gasteiger partial charge in [0.25, 0.3) is 0 Å². The molecule has 0 N–H and O–H groups in total. The first-order chi connectivity index (χ1) is 20.2. The van der Waals surface area contributed by atoms with Crippen molar-refractivity contribution in [1.82, 2.24) is 0 Å². The molecule has 204 valence electrons. The summed E-state index contributed by atoms with van der Waals surface area (Å²) in [5.41, 5.74) is 8.90. The van der Waals surface area contributed by atoms with E-state index in [4.69, 9.17) is 0 Å². The van der Waals surface area contributed by atoms with Gasteiger partial charge in [0.1, 0.15) is 0 Å². The number of hydrogen-bond acceptors (Lipinski definition) is 3. The average Bonchev–Trinajstić information content (AvgIpc) is 3.54. The Balaban J connectivity index is 1.19. The Labute approximate surface area is 244 Å². The maximum Gasteiger partial charge on any atom is 0.0797 e.